The number of nitrogens with one attached hydrogen (secondary N) is 2. The minimum absolute atomic E-state index is 0.196. The molecule has 24 heavy (non-hydrogen) atoms. The van der Waals surface area contributed by atoms with Crippen LogP contribution in [0.4, 0.5) is 5.82 Å². The van der Waals surface area contributed by atoms with Gasteiger partial charge < -0.3 is 15.2 Å². The van der Waals surface area contributed by atoms with E-state index in [1.54, 1.807) is 24.1 Å². The first-order valence-corrected chi connectivity index (χ1v) is 8.14. The molecular formula is C17H21N5O2. The van der Waals surface area contributed by atoms with Crippen LogP contribution in [0.1, 0.15) is 28.9 Å². The van der Waals surface area contributed by atoms with Crippen molar-refractivity contribution in [2.75, 3.05) is 25.5 Å². The van der Waals surface area contributed by atoms with Gasteiger partial charge in [0.2, 0.25) is 0 Å². The van der Waals surface area contributed by atoms with Crippen LogP contribution in [0.25, 0.3) is 0 Å². The van der Waals surface area contributed by atoms with Gasteiger partial charge in [-0.1, -0.05) is 0 Å². The second-order valence-corrected chi connectivity index (χ2v) is 6.04. The molecule has 1 amide bonds. The Kier molecular flexibility index (Phi) is 4.88. The van der Waals surface area contributed by atoms with Crippen molar-refractivity contribution in [3.8, 4) is 0 Å². The van der Waals surface area contributed by atoms with Gasteiger partial charge in [-0.25, -0.2) is 0 Å². The number of likely N-dealkylation sites (tertiary alicyclic amines) is 1. The third-order valence-corrected chi connectivity index (χ3v) is 4.33. The molecule has 1 saturated heterocycles. The van der Waals surface area contributed by atoms with Crippen molar-refractivity contribution in [3.05, 3.63) is 52.1 Å². The van der Waals surface area contributed by atoms with Gasteiger partial charge in [-0.3, -0.25) is 9.59 Å². The highest BCUT2D eigenvalue weighted by Gasteiger charge is 2.26. The summed E-state index contributed by atoms with van der Waals surface area (Å²) in [6, 6.07) is 7.11. The number of hydrogen-bond donors (Lipinski definition) is 2. The number of carbonyl (C=O) groups is 1. The van der Waals surface area contributed by atoms with Crippen LogP contribution < -0.4 is 10.9 Å². The zero-order valence-electron chi connectivity index (χ0n) is 13.7. The summed E-state index contributed by atoms with van der Waals surface area (Å²) in [4.78, 5) is 28.7. The summed E-state index contributed by atoms with van der Waals surface area (Å²) in [5.74, 6) is 0.876. The second kappa shape index (κ2) is 7.25. The number of nitrogens with zero attached hydrogens (tertiary/aromatic N) is 3. The Balaban J connectivity index is 1.66. The van der Waals surface area contributed by atoms with E-state index >= 15 is 0 Å². The number of aromatic nitrogens is 3. The molecule has 7 nitrogen and oxygen atoms in total. The van der Waals surface area contributed by atoms with Crippen LogP contribution in [0.15, 0.2) is 35.3 Å². The van der Waals surface area contributed by atoms with Crippen molar-refractivity contribution in [2.24, 2.45) is 5.92 Å². The molecule has 1 aliphatic heterocycles. The molecular weight excluding hydrogens is 306 g/mol. The zero-order chi connectivity index (χ0) is 16.9. The summed E-state index contributed by atoms with van der Waals surface area (Å²) >= 11 is 0. The van der Waals surface area contributed by atoms with Gasteiger partial charge in [-0.2, -0.15) is 5.10 Å². The molecule has 0 bridgehead atoms. The largest absolute Gasteiger partial charge is 0.372 e. The van der Waals surface area contributed by atoms with E-state index in [9.17, 15) is 9.59 Å². The molecule has 1 fully saturated rings. The van der Waals surface area contributed by atoms with Crippen molar-refractivity contribution >= 4 is 11.7 Å². The van der Waals surface area contributed by atoms with E-state index in [4.69, 9.17) is 0 Å². The Hall–Kier alpha value is -2.70. The normalized spacial score (nSPS) is 17.5. The van der Waals surface area contributed by atoms with Crippen LogP contribution in [-0.4, -0.2) is 46.1 Å². The van der Waals surface area contributed by atoms with Crippen molar-refractivity contribution in [2.45, 2.75) is 19.3 Å². The maximum Gasteiger partial charge on any atom is 0.260 e. The number of aromatic amines is 1. The fourth-order valence-corrected chi connectivity index (χ4v) is 3.07. The minimum atomic E-state index is -0.335. The molecule has 2 aromatic rings. The predicted octanol–water partition coefficient (Wildman–Crippen LogP) is 1.30. The SMILES string of the molecule is CNc1ccc(CC2CCCN(C(=O)c3ccc[nH]c3=O)C2)nn1. The maximum atomic E-state index is 12.6. The molecule has 126 valence electrons. The van der Waals surface area contributed by atoms with Crippen LogP contribution in [-0.2, 0) is 6.42 Å². The number of hydrogen-bond acceptors (Lipinski definition) is 5. The third-order valence-electron chi connectivity index (χ3n) is 4.33. The number of piperidine rings is 1. The molecule has 2 N–H and O–H groups in total. The van der Waals surface area contributed by atoms with Gasteiger partial charge in [0, 0.05) is 26.3 Å². The molecule has 0 aromatic carbocycles. The van der Waals surface area contributed by atoms with Crippen LogP contribution in [0.2, 0.25) is 0 Å². The summed E-state index contributed by atoms with van der Waals surface area (Å²) in [5, 5.41) is 11.2. The quantitative estimate of drug-likeness (QED) is 0.883. The molecule has 0 aliphatic carbocycles. The fraction of sp³-hybridized carbons (Fsp3) is 0.412. The first-order valence-electron chi connectivity index (χ1n) is 8.14. The van der Waals surface area contributed by atoms with Gasteiger partial charge in [0.05, 0.1) is 5.69 Å². The first kappa shape index (κ1) is 16.2. The summed E-state index contributed by atoms with van der Waals surface area (Å²) in [6.07, 6.45) is 4.30. The Labute approximate surface area is 140 Å². The van der Waals surface area contributed by atoms with E-state index in [1.165, 1.54) is 6.20 Å². The lowest BCUT2D eigenvalue weighted by Gasteiger charge is -2.32. The highest BCUT2D eigenvalue weighted by Crippen LogP contribution is 2.21. The molecule has 0 radical (unpaired) electrons. The van der Waals surface area contributed by atoms with E-state index in [1.807, 2.05) is 12.1 Å². The molecule has 1 unspecified atom stereocenters. The zero-order valence-corrected chi connectivity index (χ0v) is 13.7. The molecule has 0 saturated carbocycles. The van der Waals surface area contributed by atoms with Gasteiger partial charge in [-0.15, -0.1) is 5.10 Å². The standard InChI is InChI=1S/C17H21N5O2/c1-18-15-7-6-13(20-21-15)10-12-4-3-9-22(11-12)17(24)14-5-2-8-19-16(14)23/h2,5-8,12H,3-4,9-11H2,1H3,(H,18,21)(H,19,23). The average molecular weight is 327 g/mol. The van der Waals surface area contributed by atoms with Gasteiger partial charge in [-0.05, 0) is 49.4 Å². The summed E-state index contributed by atoms with van der Waals surface area (Å²) in [5.41, 5.74) is 0.792. The Morgan fingerprint density at radius 1 is 1.38 bits per heavy atom. The number of carbonyl (C=O) groups excluding carboxylic acids is 1. The lowest BCUT2D eigenvalue weighted by molar-refractivity contribution is 0.0671. The predicted molar refractivity (Wildman–Crippen MR) is 91.0 cm³/mol. The third kappa shape index (κ3) is 3.61. The molecule has 2 aromatic heterocycles. The molecule has 3 heterocycles. The van der Waals surface area contributed by atoms with Crippen molar-refractivity contribution < 1.29 is 4.79 Å². The molecule has 7 heteroatoms. The van der Waals surface area contributed by atoms with E-state index in [0.717, 1.165) is 30.8 Å². The first-order chi connectivity index (χ1) is 11.7. The fourth-order valence-electron chi connectivity index (χ4n) is 3.07. The highest BCUT2D eigenvalue weighted by atomic mass is 16.2. The van der Waals surface area contributed by atoms with E-state index in [0.29, 0.717) is 19.0 Å². The van der Waals surface area contributed by atoms with E-state index < -0.39 is 0 Å². The van der Waals surface area contributed by atoms with Crippen molar-refractivity contribution in [1.82, 2.24) is 20.1 Å². The molecule has 1 atom stereocenters. The number of pyridine rings is 1. The smallest absolute Gasteiger partial charge is 0.260 e. The van der Waals surface area contributed by atoms with Gasteiger partial charge >= 0.3 is 0 Å². The summed E-state index contributed by atoms with van der Waals surface area (Å²) < 4.78 is 0. The number of H-pyrrole nitrogens is 1. The Morgan fingerprint density at radius 3 is 2.96 bits per heavy atom. The van der Waals surface area contributed by atoms with E-state index in [2.05, 4.69) is 20.5 Å². The lowest BCUT2D eigenvalue weighted by Crippen LogP contribution is -2.42. The van der Waals surface area contributed by atoms with Crippen molar-refractivity contribution in [1.29, 1.82) is 0 Å². The second-order valence-electron chi connectivity index (χ2n) is 6.04. The van der Waals surface area contributed by atoms with Gasteiger partial charge in [0.15, 0.2) is 0 Å². The highest BCUT2D eigenvalue weighted by molar-refractivity contribution is 5.93. The number of anilines is 1. The van der Waals surface area contributed by atoms with Gasteiger partial charge in [0.1, 0.15) is 11.4 Å². The van der Waals surface area contributed by atoms with E-state index in [-0.39, 0.29) is 17.0 Å². The number of amides is 1. The van der Waals surface area contributed by atoms with Crippen LogP contribution >= 0.6 is 0 Å². The van der Waals surface area contributed by atoms with Crippen molar-refractivity contribution in [3.63, 3.8) is 0 Å². The van der Waals surface area contributed by atoms with Crippen LogP contribution in [0, 0.1) is 5.92 Å². The van der Waals surface area contributed by atoms with Crippen LogP contribution in [0.5, 0.6) is 0 Å². The molecule has 0 spiro atoms. The monoisotopic (exact) mass is 327 g/mol. The summed E-state index contributed by atoms with van der Waals surface area (Å²) in [6.45, 7) is 1.33. The maximum absolute atomic E-state index is 12.6. The molecule has 3 rings (SSSR count). The van der Waals surface area contributed by atoms with Crippen LogP contribution in [0.3, 0.4) is 0 Å². The Bertz CT molecular complexity index is 756. The summed E-state index contributed by atoms with van der Waals surface area (Å²) in [7, 11) is 1.81. The average Bonchev–Trinajstić information content (AvgIpc) is 2.62. The lowest BCUT2D eigenvalue weighted by atomic mass is 9.93. The number of rotatable bonds is 4. The topological polar surface area (TPSA) is 91.0 Å². The molecule has 1 aliphatic rings. The minimum Gasteiger partial charge on any atom is -0.372 e. The van der Waals surface area contributed by atoms with Gasteiger partial charge in [0.25, 0.3) is 11.5 Å². The Morgan fingerprint density at radius 2 is 2.25 bits per heavy atom.